The predicted molar refractivity (Wildman–Crippen MR) is 93.3 cm³/mol. The molecule has 1 saturated carbocycles. The molecule has 3 amide bonds. The van der Waals surface area contributed by atoms with E-state index in [4.69, 9.17) is 9.15 Å². The average Bonchev–Trinajstić information content (AvgIpc) is 3.17. The number of aromatic nitrogens is 2. The number of imide groups is 1. The van der Waals surface area contributed by atoms with Gasteiger partial charge in [0.15, 0.2) is 6.61 Å². The SMILES string of the molecule is CC1CCCCC1NC(=O)NC(=O)COc1ccc(-c2nnco2)cc1. The minimum Gasteiger partial charge on any atom is -0.484 e. The lowest BCUT2D eigenvalue weighted by Gasteiger charge is -2.29. The van der Waals surface area contributed by atoms with Crippen LogP contribution in [0.3, 0.4) is 0 Å². The zero-order chi connectivity index (χ0) is 18.4. The Kier molecular flexibility index (Phi) is 5.83. The average molecular weight is 358 g/mol. The van der Waals surface area contributed by atoms with Gasteiger partial charge in [0.05, 0.1) is 0 Å². The standard InChI is InChI=1S/C18H22N4O4/c1-12-4-2-3-5-15(12)20-18(24)21-16(23)10-25-14-8-6-13(7-9-14)17-22-19-11-26-17/h6-9,11-12,15H,2-5,10H2,1H3,(H2,20,21,23,24). The van der Waals surface area contributed by atoms with Crippen LogP contribution in [-0.2, 0) is 4.79 Å². The lowest BCUT2D eigenvalue weighted by atomic mass is 9.86. The summed E-state index contributed by atoms with van der Waals surface area (Å²) in [6.07, 6.45) is 5.60. The number of nitrogens with zero attached hydrogens (tertiary/aromatic N) is 2. The van der Waals surface area contributed by atoms with Crippen LogP contribution >= 0.6 is 0 Å². The maximum Gasteiger partial charge on any atom is 0.321 e. The van der Waals surface area contributed by atoms with E-state index in [9.17, 15) is 9.59 Å². The first kappa shape index (κ1) is 17.9. The molecule has 0 spiro atoms. The Hall–Kier alpha value is -2.90. The quantitative estimate of drug-likeness (QED) is 0.851. The van der Waals surface area contributed by atoms with Gasteiger partial charge in [-0.3, -0.25) is 10.1 Å². The molecule has 2 atom stereocenters. The molecular formula is C18H22N4O4. The number of rotatable bonds is 5. The first-order chi connectivity index (χ1) is 12.6. The number of carbonyl (C=O) groups is 2. The summed E-state index contributed by atoms with van der Waals surface area (Å²) in [6.45, 7) is 1.88. The normalized spacial score (nSPS) is 19.6. The Morgan fingerprint density at radius 1 is 1.23 bits per heavy atom. The van der Waals surface area contributed by atoms with Crippen LogP contribution in [0.5, 0.6) is 5.75 Å². The second kappa shape index (κ2) is 8.46. The highest BCUT2D eigenvalue weighted by Gasteiger charge is 2.23. The van der Waals surface area contributed by atoms with Crippen molar-refractivity contribution in [1.82, 2.24) is 20.8 Å². The zero-order valence-corrected chi connectivity index (χ0v) is 14.6. The lowest BCUT2D eigenvalue weighted by Crippen LogP contribution is -2.48. The third-order valence-electron chi connectivity index (χ3n) is 4.51. The van der Waals surface area contributed by atoms with E-state index in [1.165, 1.54) is 12.8 Å². The molecule has 1 aromatic carbocycles. The second-order valence-corrected chi connectivity index (χ2v) is 6.45. The molecule has 26 heavy (non-hydrogen) atoms. The van der Waals surface area contributed by atoms with E-state index in [1.54, 1.807) is 24.3 Å². The van der Waals surface area contributed by atoms with Gasteiger partial charge in [-0.2, -0.15) is 0 Å². The molecule has 0 bridgehead atoms. The summed E-state index contributed by atoms with van der Waals surface area (Å²) >= 11 is 0. The Bertz CT molecular complexity index is 730. The Balaban J connectivity index is 1.42. The Morgan fingerprint density at radius 3 is 2.69 bits per heavy atom. The summed E-state index contributed by atoms with van der Waals surface area (Å²) in [5.74, 6) is 0.845. The van der Waals surface area contributed by atoms with Crippen LogP contribution in [-0.4, -0.2) is 34.8 Å². The molecule has 0 aliphatic heterocycles. The molecule has 0 radical (unpaired) electrons. The largest absolute Gasteiger partial charge is 0.484 e. The lowest BCUT2D eigenvalue weighted by molar-refractivity contribution is -0.122. The minimum absolute atomic E-state index is 0.120. The van der Waals surface area contributed by atoms with Crippen LogP contribution in [0.4, 0.5) is 4.79 Å². The molecule has 8 nitrogen and oxygen atoms in total. The second-order valence-electron chi connectivity index (χ2n) is 6.45. The number of hydrogen-bond donors (Lipinski definition) is 2. The van der Waals surface area contributed by atoms with Crippen molar-refractivity contribution in [2.75, 3.05) is 6.61 Å². The van der Waals surface area contributed by atoms with Crippen LogP contribution in [0.2, 0.25) is 0 Å². The number of nitrogens with one attached hydrogen (secondary N) is 2. The highest BCUT2D eigenvalue weighted by atomic mass is 16.5. The van der Waals surface area contributed by atoms with Gasteiger partial charge >= 0.3 is 6.03 Å². The van der Waals surface area contributed by atoms with Crippen LogP contribution in [0.25, 0.3) is 11.5 Å². The Labute approximate surface area is 151 Å². The molecule has 1 aromatic heterocycles. The van der Waals surface area contributed by atoms with Crippen molar-refractivity contribution in [2.45, 2.75) is 38.6 Å². The number of amides is 3. The summed E-state index contributed by atoms with van der Waals surface area (Å²) in [6, 6.07) is 6.53. The van der Waals surface area contributed by atoms with Gasteiger partial charge in [0.1, 0.15) is 5.75 Å². The van der Waals surface area contributed by atoms with Gasteiger partial charge in [-0.25, -0.2) is 4.79 Å². The van der Waals surface area contributed by atoms with Crippen molar-refractivity contribution in [1.29, 1.82) is 0 Å². The van der Waals surface area contributed by atoms with Crippen LogP contribution in [0.15, 0.2) is 35.1 Å². The van der Waals surface area contributed by atoms with Gasteiger partial charge in [0.2, 0.25) is 12.3 Å². The summed E-state index contributed by atoms with van der Waals surface area (Å²) in [4.78, 5) is 23.8. The fourth-order valence-electron chi connectivity index (χ4n) is 3.04. The highest BCUT2D eigenvalue weighted by molar-refractivity contribution is 5.95. The summed E-state index contributed by atoms with van der Waals surface area (Å²) < 4.78 is 10.5. The van der Waals surface area contributed by atoms with E-state index in [0.717, 1.165) is 24.8 Å². The first-order valence-electron chi connectivity index (χ1n) is 8.71. The smallest absolute Gasteiger partial charge is 0.321 e. The summed E-state index contributed by atoms with van der Waals surface area (Å²) in [7, 11) is 0. The maximum absolute atomic E-state index is 11.9. The van der Waals surface area contributed by atoms with E-state index >= 15 is 0 Å². The highest BCUT2D eigenvalue weighted by Crippen LogP contribution is 2.23. The topological polar surface area (TPSA) is 106 Å². The van der Waals surface area contributed by atoms with Gasteiger partial charge in [-0.15, -0.1) is 10.2 Å². The third-order valence-corrected chi connectivity index (χ3v) is 4.51. The molecule has 138 valence electrons. The molecular weight excluding hydrogens is 336 g/mol. The molecule has 1 fully saturated rings. The molecule has 1 aliphatic carbocycles. The third kappa shape index (κ3) is 4.81. The molecule has 1 heterocycles. The van der Waals surface area contributed by atoms with E-state index in [1.807, 2.05) is 0 Å². The Morgan fingerprint density at radius 2 is 2.00 bits per heavy atom. The van der Waals surface area contributed by atoms with E-state index in [-0.39, 0.29) is 12.6 Å². The molecule has 1 aliphatic rings. The summed E-state index contributed by atoms with van der Waals surface area (Å²) in [5.41, 5.74) is 0.750. The fourth-order valence-corrected chi connectivity index (χ4v) is 3.04. The van der Waals surface area contributed by atoms with Gasteiger partial charge in [-0.1, -0.05) is 19.8 Å². The fraction of sp³-hybridized carbons (Fsp3) is 0.444. The van der Waals surface area contributed by atoms with Crippen molar-refractivity contribution in [2.24, 2.45) is 5.92 Å². The predicted octanol–water partition coefficient (Wildman–Crippen LogP) is 2.52. The first-order valence-corrected chi connectivity index (χ1v) is 8.71. The maximum atomic E-state index is 11.9. The number of carbonyl (C=O) groups excluding carboxylic acids is 2. The van der Waals surface area contributed by atoms with Gasteiger partial charge in [0.25, 0.3) is 5.91 Å². The number of benzene rings is 1. The molecule has 3 rings (SSSR count). The number of urea groups is 1. The number of ether oxygens (including phenoxy) is 1. The van der Waals surface area contributed by atoms with Crippen molar-refractivity contribution in [3.63, 3.8) is 0 Å². The number of hydrogen-bond acceptors (Lipinski definition) is 6. The van der Waals surface area contributed by atoms with E-state index in [0.29, 0.717) is 17.6 Å². The monoisotopic (exact) mass is 358 g/mol. The molecule has 2 unspecified atom stereocenters. The molecule has 0 saturated heterocycles. The van der Waals surface area contributed by atoms with Crippen molar-refractivity contribution in [3.8, 4) is 17.2 Å². The van der Waals surface area contributed by atoms with Crippen LogP contribution in [0.1, 0.15) is 32.6 Å². The van der Waals surface area contributed by atoms with Crippen molar-refractivity contribution < 1.29 is 18.7 Å². The van der Waals surface area contributed by atoms with Gasteiger partial charge < -0.3 is 14.5 Å². The summed E-state index contributed by atoms with van der Waals surface area (Å²) in [5, 5.41) is 12.6. The van der Waals surface area contributed by atoms with E-state index in [2.05, 4.69) is 27.8 Å². The van der Waals surface area contributed by atoms with Gasteiger partial charge in [0, 0.05) is 11.6 Å². The van der Waals surface area contributed by atoms with Gasteiger partial charge in [-0.05, 0) is 43.0 Å². The minimum atomic E-state index is -0.494. The molecule has 2 aromatic rings. The van der Waals surface area contributed by atoms with Crippen molar-refractivity contribution in [3.05, 3.63) is 30.7 Å². The molecule has 2 N–H and O–H groups in total. The zero-order valence-electron chi connectivity index (χ0n) is 14.6. The van der Waals surface area contributed by atoms with E-state index < -0.39 is 11.9 Å². The molecule has 8 heteroatoms. The van der Waals surface area contributed by atoms with Crippen LogP contribution in [0, 0.1) is 5.92 Å². The van der Waals surface area contributed by atoms with Crippen LogP contribution < -0.4 is 15.4 Å². The van der Waals surface area contributed by atoms with Crippen molar-refractivity contribution >= 4 is 11.9 Å².